The van der Waals surface area contributed by atoms with Gasteiger partial charge in [-0.3, -0.25) is 9.59 Å². The second-order valence-electron chi connectivity index (χ2n) is 9.05. The second kappa shape index (κ2) is 9.77. The Kier molecular flexibility index (Phi) is 7.10. The van der Waals surface area contributed by atoms with Crippen LogP contribution >= 0.6 is 0 Å². The Morgan fingerprint density at radius 2 is 1.81 bits per heavy atom. The van der Waals surface area contributed by atoms with Gasteiger partial charge in [-0.05, 0) is 49.3 Å². The quantitative estimate of drug-likeness (QED) is 0.564. The first-order valence-corrected chi connectivity index (χ1v) is 10.9. The van der Waals surface area contributed by atoms with E-state index >= 15 is 0 Å². The molecule has 0 bridgehead atoms. The first-order chi connectivity index (χ1) is 14.8. The molecule has 0 aliphatic heterocycles. The van der Waals surface area contributed by atoms with Gasteiger partial charge < -0.3 is 15.6 Å². The first kappa shape index (κ1) is 22.5. The van der Waals surface area contributed by atoms with Gasteiger partial charge in [-0.25, -0.2) is 4.98 Å². The molecule has 6 nitrogen and oxygen atoms in total. The molecular formula is C25H32N4O2. The van der Waals surface area contributed by atoms with E-state index in [0.717, 1.165) is 29.8 Å². The van der Waals surface area contributed by atoms with Crippen molar-refractivity contribution in [3.05, 3.63) is 48.3 Å². The van der Waals surface area contributed by atoms with Crippen LogP contribution in [-0.2, 0) is 9.59 Å². The monoisotopic (exact) mass is 420 g/mol. The number of carbonyl (C=O) groups excluding carboxylic acids is 2. The zero-order valence-corrected chi connectivity index (χ0v) is 18.6. The number of rotatable bonds is 6. The number of anilines is 1. The molecule has 1 aliphatic carbocycles. The summed E-state index contributed by atoms with van der Waals surface area (Å²) in [6, 6.07) is 7.77. The third kappa shape index (κ3) is 6.17. The van der Waals surface area contributed by atoms with Gasteiger partial charge in [0.15, 0.2) is 0 Å². The molecular weight excluding hydrogens is 388 g/mol. The number of H-pyrrole nitrogens is 1. The van der Waals surface area contributed by atoms with Crippen LogP contribution in [0.5, 0.6) is 0 Å². The number of aromatic nitrogens is 2. The summed E-state index contributed by atoms with van der Waals surface area (Å²) in [6.07, 6.45) is 10.7. The number of benzene rings is 1. The number of amides is 2. The molecule has 3 N–H and O–H groups in total. The van der Waals surface area contributed by atoms with Gasteiger partial charge in [-0.2, -0.15) is 0 Å². The topological polar surface area (TPSA) is 86.9 Å². The van der Waals surface area contributed by atoms with Crippen LogP contribution in [-0.4, -0.2) is 27.8 Å². The maximum atomic E-state index is 12.3. The summed E-state index contributed by atoms with van der Waals surface area (Å²) in [7, 11) is 0. The maximum Gasteiger partial charge on any atom is 0.244 e. The average Bonchev–Trinajstić information content (AvgIpc) is 3.16. The van der Waals surface area contributed by atoms with Gasteiger partial charge in [-0.1, -0.05) is 46.6 Å². The van der Waals surface area contributed by atoms with Gasteiger partial charge >= 0.3 is 0 Å². The molecule has 1 aliphatic rings. The molecule has 0 saturated heterocycles. The van der Waals surface area contributed by atoms with Crippen molar-refractivity contribution in [2.75, 3.05) is 5.32 Å². The Balaban J connectivity index is 1.68. The summed E-state index contributed by atoms with van der Waals surface area (Å²) in [5.41, 5.74) is 2.57. The van der Waals surface area contributed by atoms with Gasteiger partial charge in [0.05, 0.1) is 11.4 Å². The predicted molar refractivity (Wildman–Crippen MR) is 126 cm³/mol. The van der Waals surface area contributed by atoms with E-state index < -0.39 is 5.41 Å². The zero-order valence-electron chi connectivity index (χ0n) is 18.6. The normalized spacial score (nSPS) is 15.1. The van der Waals surface area contributed by atoms with Crippen LogP contribution in [0.25, 0.3) is 23.5 Å². The van der Waals surface area contributed by atoms with Crippen molar-refractivity contribution >= 4 is 29.7 Å². The van der Waals surface area contributed by atoms with Crippen LogP contribution in [0.4, 0.5) is 5.69 Å². The van der Waals surface area contributed by atoms with E-state index in [9.17, 15) is 9.59 Å². The number of aromatic amines is 1. The van der Waals surface area contributed by atoms with Crippen molar-refractivity contribution < 1.29 is 9.59 Å². The molecule has 31 heavy (non-hydrogen) atoms. The molecule has 0 unspecified atom stereocenters. The number of imidazole rings is 1. The third-order valence-corrected chi connectivity index (χ3v) is 5.41. The maximum absolute atomic E-state index is 12.3. The minimum atomic E-state index is -0.455. The smallest absolute Gasteiger partial charge is 0.244 e. The summed E-state index contributed by atoms with van der Waals surface area (Å²) in [6.45, 7) is 9.46. The molecule has 6 heteroatoms. The minimum Gasteiger partial charge on any atom is -0.350 e. The van der Waals surface area contributed by atoms with E-state index in [-0.39, 0.29) is 17.9 Å². The standard InChI is InChI=1S/C25H32N4O2/c1-5-20-21(15-16-22(30)26-18-9-7-6-8-10-18)29-23(28-20)17-11-13-19(14-12-17)27-24(31)25(2,3)4/h5,11-16,18H,1,6-10H2,2-4H3,(H,26,30)(H,27,31)(H,28,29)/b16-15+. The Morgan fingerprint density at radius 1 is 1.13 bits per heavy atom. The van der Waals surface area contributed by atoms with Crippen molar-refractivity contribution in [2.24, 2.45) is 5.41 Å². The highest BCUT2D eigenvalue weighted by molar-refractivity contribution is 5.94. The summed E-state index contributed by atoms with van der Waals surface area (Å²) in [5, 5.41) is 5.99. The Labute approximate surface area is 184 Å². The molecule has 1 aromatic carbocycles. The largest absolute Gasteiger partial charge is 0.350 e. The number of nitrogens with one attached hydrogen (secondary N) is 3. The third-order valence-electron chi connectivity index (χ3n) is 5.41. The average molecular weight is 421 g/mol. The van der Waals surface area contributed by atoms with E-state index in [2.05, 4.69) is 27.2 Å². The van der Waals surface area contributed by atoms with E-state index in [4.69, 9.17) is 0 Å². The summed E-state index contributed by atoms with van der Waals surface area (Å²) in [5.74, 6) is 0.549. The van der Waals surface area contributed by atoms with Crippen molar-refractivity contribution in [1.82, 2.24) is 15.3 Å². The molecule has 164 valence electrons. The summed E-state index contributed by atoms with van der Waals surface area (Å²) < 4.78 is 0. The van der Waals surface area contributed by atoms with E-state index in [1.165, 1.54) is 25.3 Å². The van der Waals surface area contributed by atoms with Gasteiger partial charge in [0.25, 0.3) is 0 Å². The molecule has 1 saturated carbocycles. The SMILES string of the molecule is C=Cc1[nH]c(-c2ccc(NC(=O)C(C)(C)C)cc2)nc1/C=C/C(=O)NC1CCCCC1. The summed E-state index contributed by atoms with van der Waals surface area (Å²) in [4.78, 5) is 32.3. The molecule has 2 aromatic rings. The number of hydrogen-bond acceptors (Lipinski definition) is 3. The molecule has 1 fully saturated rings. The van der Waals surface area contributed by atoms with Crippen LogP contribution in [0.3, 0.4) is 0 Å². The minimum absolute atomic E-state index is 0.0360. The molecule has 2 amide bonds. The predicted octanol–water partition coefficient (Wildman–Crippen LogP) is 5.17. The fourth-order valence-electron chi connectivity index (χ4n) is 3.50. The van der Waals surface area contributed by atoms with Gasteiger partial charge in [0.1, 0.15) is 5.82 Å². The van der Waals surface area contributed by atoms with Crippen LogP contribution in [0.1, 0.15) is 64.3 Å². The zero-order chi connectivity index (χ0) is 22.4. The van der Waals surface area contributed by atoms with Gasteiger partial charge in [0.2, 0.25) is 11.8 Å². The van der Waals surface area contributed by atoms with Crippen LogP contribution < -0.4 is 10.6 Å². The van der Waals surface area contributed by atoms with Crippen LogP contribution in [0, 0.1) is 5.41 Å². The molecule has 3 rings (SSSR count). The first-order valence-electron chi connectivity index (χ1n) is 10.9. The molecule has 1 heterocycles. The van der Waals surface area contributed by atoms with Crippen molar-refractivity contribution in [3.8, 4) is 11.4 Å². The van der Waals surface area contributed by atoms with Crippen molar-refractivity contribution in [2.45, 2.75) is 58.9 Å². The lowest BCUT2D eigenvalue weighted by Gasteiger charge is -2.21. The van der Waals surface area contributed by atoms with Crippen molar-refractivity contribution in [3.63, 3.8) is 0 Å². The number of hydrogen-bond donors (Lipinski definition) is 3. The van der Waals surface area contributed by atoms with E-state index in [0.29, 0.717) is 11.5 Å². The van der Waals surface area contributed by atoms with E-state index in [1.54, 1.807) is 12.2 Å². The lowest BCUT2D eigenvalue weighted by Crippen LogP contribution is -2.34. The van der Waals surface area contributed by atoms with Crippen LogP contribution in [0.15, 0.2) is 36.9 Å². The fraction of sp³-hybridized carbons (Fsp3) is 0.400. The fourth-order valence-corrected chi connectivity index (χ4v) is 3.50. The molecule has 0 atom stereocenters. The van der Waals surface area contributed by atoms with Crippen molar-refractivity contribution in [1.29, 1.82) is 0 Å². The van der Waals surface area contributed by atoms with Gasteiger partial charge in [0, 0.05) is 28.8 Å². The molecule has 1 aromatic heterocycles. The highest BCUT2D eigenvalue weighted by Crippen LogP contribution is 2.23. The molecule has 0 radical (unpaired) electrons. The lowest BCUT2D eigenvalue weighted by molar-refractivity contribution is -0.123. The highest BCUT2D eigenvalue weighted by Gasteiger charge is 2.21. The lowest BCUT2D eigenvalue weighted by atomic mass is 9.95. The van der Waals surface area contributed by atoms with Crippen LogP contribution in [0.2, 0.25) is 0 Å². The Morgan fingerprint density at radius 3 is 2.42 bits per heavy atom. The Bertz CT molecular complexity index is 958. The number of carbonyl (C=O) groups is 2. The highest BCUT2D eigenvalue weighted by atomic mass is 16.2. The van der Waals surface area contributed by atoms with Gasteiger partial charge in [-0.15, -0.1) is 0 Å². The summed E-state index contributed by atoms with van der Waals surface area (Å²) >= 11 is 0. The second-order valence-corrected chi connectivity index (χ2v) is 9.05. The Hall–Kier alpha value is -3.15. The molecule has 0 spiro atoms. The number of nitrogens with zero attached hydrogens (tertiary/aromatic N) is 1. The van der Waals surface area contributed by atoms with E-state index in [1.807, 2.05) is 45.0 Å².